The van der Waals surface area contributed by atoms with E-state index in [1.807, 2.05) is 26.0 Å². The summed E-state index contributed by atoms with van der Waals surface area (Å²) in [4.78, 5) is 32.6. The number of piperidine rings is 1. The first-order valence-electron chi connectivity index (χ1n) is 13.3. The molecule has 3 aliphatic heterocycles. The van der Waals surface area contributed by atoms with Gasteiger partial charge in [0.15, 0.2) is 0 Å². The van der Waals surface area contributed by atoms with Crippen LogP contribution in [0.5, 0.6) is 0 Å². The van der Waals surface area contributed by atoms with Gasteiger partial charge in [0.05, 0.1) is 48.5 Å². The number of fused-ring (bicyclic) bond motifs is 5. The molecule has 202 valence electrons. The van der Waals surface area contributed by atoms with Gasteiger partial charge >= 0.3 is 5.97 Å². The molecule has 6 rings (SSSR count). The van der Waals surface area contributed by atoms with Crippen LogP contribution in [-0.2, 0) is 34.8 Å². The number of carbonyl (C=O) groups excluding carboxylic acids is 1. The summed E-state index contributed by atoms with van der Waals surface area (Å²) in [6.07, 6.45) is 2.55. The van der Waals surface area contributed by atoms with Crippen LogP contribution in [0.1, 0.15) is 67.3 Å². The molecular formula is C29H33Cl2N3O4. The van der Waals surface area contributed by atoms with E-state index in [0.29, 0.717) is 34.8 Å². The van der Waals surface area contributed by atoms with Crippen LogP contribution in [0.25, 0.3) is 22.3 Å². The number of hydrogen-bond donors (Lipinski definition) is 2. The van der Waals surface area contributed by atoms with E-state index in [4.69, 9.17) is 21.3 Å². The summed E-state index contributed by atoms with van der Waals surface area (Å²) >= 11 is 6.53. The number of rotatable bonds is 3. The molecule has 0 radical (unpaired) electrons. The molecule has 3 aliphatic rings. The fourth-order valence-electron chi connectivity index (χ4n) is 6.29. The zero-order valence-corrected chi connectivity index (χ0v) is 23.5. The van der Waals surface area contributed by atoms with Gasteiger partial charge in [0.25, 0.3) is 5.56 Å². The van der Waals surface area contributed by atoms with Gasteiger partial charge in [-0.2, -0.15) is 0 Å². The van der Waals surface area contributed by atoms with E-state index >= 15 is 0 Å². The molecule has 1 atom stereocenters. The van der Waals surface area contributed by atoms with Crippen LogP contribution in [0.2, 0.25) is 5.02 Å². The summed E-state index contributed by atoms with van der Waals surface area (Å²) in [7, 11) is 0. The largest absolute Gasteiger partial charge is 1.00 e. The number of ether oxygens (including phenoxy) is 1. The molecule has 2 aromatic heterocycles. The average Bonchev–Trinajstić information content (AvgIpc) is 3.17. The van der Waals surface area contributed by atoms with Gasteiger partial charge in [-0.05, 0) is 61.4 Å². The molecule has 0 amide bonds. The van der Waals surface area contributed by atoms with Gasteiger partial charge < -0.3 is 31.7 Å². The Balaban J connectivity index is 0.00000294. The monoisotopic (exact) mass is 557 g/mol. The Hall–Kier alpha value is -2.45. The lowest BCUT2D eigenvalue weighted by atomic mass is 9.85. The molecule has 0 unspecified atom stereocenters. The van der Waals surface area contributed by atoms with Crippen LogP contribution < -0.4 is 22.9 Å². The number of aromatic nitrogens is 2. The van der Waals surface area contributed by atoms with Crippen molar-refractivity contribution in [1.29, 1.82) is 0 Å². The lowest BCUT2D eigenvalue weighted by Crippen LogP contribution is -3.11. The maximum atomic E-state index is 13.8. The van der Waals surface area contributed by atoms with Crippen LogP contribution in [0, 0.1) is 12.8 Å². The number of esters is 1. The van der Waals surface area contributed by atoms with Gasteiger partial charge in [-0.25, -0.2) is 4.98 Å². The number of aryl methyl sites for hydroxylation is 1. The van der Waals surface area contributed by atoms with Crippen molar-refractivity contribution in [1.82, 2.24) is 9.55 Å². The number of nitrogens with zero attached hydrogens (tertiary/aromatic N) is 2. The number of benzene rings is 1. The third kappa shape index (κ3) is 4.34. The average molecular weight is 559 g/mol. The highest BCUT2D eigenvalue weighted by Gasteiger charge is 2.40. The molecule has 9 heteroatoms. The highest BCUT2D eigenvalue weighted by atomic mass is 35.5. The number of likely N-dealkylation sites (tertiary alicyclic amines) is 1. The van der Waals surface area contributed by atoms with Gasteiger partial charge in [0.2, 0.25) is 0 Å². The minimum absolute atomic E-state index is 0. The summed E-state index contributed by atoms with van der Waals surface area (Å²) in [5, 5.41) is 13.2. The number of cyclic esters (lactones) is 1. The molecule has 7 nitrogen and oxygen atoms in total. The van der Waals surface area contributed by atoms with Crippen LogP contribution in [0.4, 0.5) is 0 Å². The van der Waals surface area contributed by atoms with Gasteiger partial charge in [-0.15, -0.1) is 0 Å². The molecule has 1 aromatic carbocycles. The van der Waals surface area contributed by atoms with Crippen LogP contribution in [0.15, 0.2) is 23.0 Å². The SMILES string of the molecule is CC[C@@]1(O)CC(=O)OCc2c1cc1n(c2=O)Cc2c-1nc1cc(Cl)c(C)cc1c2C[NH+]1CCC(C)CC1.[Cl-]. The van der Waals surface area contributed by atoms with Crippen LogP contribution in [0.3, 0.4) is 0 Å². The molecule has 3 aromatic rings. The van der Waals surface area contributed by atoms with Gasteiger partial charge in [0, 0.05) is 21.5 Å². The molecule has 0 saturated carbocycles. The number of quaternary nitrogens is 1. The van der Waals surface area contributed by atoms with Crippen molar-refractivity contribution in [2.75, 3.05) is 13.1 Å². The van der Waals surface area contributed by atoms with E-state index in [-0.39, 0.29) is 31.0 Å². The summed E-state index contributed by atoms with van der Waals surface area (Å²) in [6.45, 7) is 9.56. The first-order valence-corrected chi connectivity index (χ1v) is 13.7. The lowest BCUT2D eigenvalue weighted by molar-refractivity contribution is -0.919. The second-order valence-corrected chi connectivity index (χ2v) is 11.6. The normalized spacial score (nSPS) is 24.2. The third-order valence-electron chi connectivity index (χ3n) is 8.75. The zero-order chi connectivity index (χ0) is 26.1. The first-order chi connectivity index (χ1) is 17.7. The predicted molar refractivity (Wildman–Crippen MR) is 142 cm³/mol. The second kappa shape index (κ2) is 9.94. The quantitative estimate of drug-likeness (QED) is 0.353. The Labute approximate surface area is 233 Å². The van der Waals surface area contributed by atoms with Crippen molar-refractivity contribution in [2.24, 2.45) is 5.92 Å². The van der Waals surface area contributed by atoms with Gasteiger partial charge in [0.1, 0.15) is 18.8 Å². The minimum Gasteiger partial charge on any atom is -1.00 e. The summed E-state index contributed by atoms with van der Waals surface area (Å²) in [5.74, 6) is 0.259. The van der Waals surface area contributed by atoms with Crippen molar-refractivity contribution in [3.05, 3.63) is 61.4 Å². The highest BCUT2D eigenvalue weighted by Crippen LogP contribution is 2.41. The molecule has 0 aliphatic carbocycles. The van der Waals surface area contributed by atoms with Crippen molar-refractivity contribution >= 4 is 28.5 Å². The van der Waals surface area contributed by atoms with Crippen molar-refractivity contribution in [2.45, 2.75) is 71.8 Å². The maximum absolute atomic E-state index is 13.8. The Morgan fingerprint density at radius 3 is 2.66 bits per heavy atom. The topological polar surface area (TPSA) is 85.9 Å². The molecule has 5 heterocycles. The number of halogens is 2. The molecule has 1 saturated heterocycles. The van der Waals surface area contributed by atoms with Gasteiger partial charge in [-0.1, -0.05) is 25.4 Å². The first kappa shape index (κ1) is 27.1. The summed E-state index contributed by atoms with van der Waals surface area (Å²) < 4.78 is 7.05. The number of nitrogens with one attached hydrogen (secondary N) is 1. The lowest BCUT2D eigenvalue weighted by Gasteiger charge is -2.28. The van der Waals surface area contributed by atoms with Crippen LogP contribution >= 0.6 is 11.6 Å². The van der Waals surface area contributed by atoms with Gasteiger partial charge in [-0.3, -0.25) is 9.59 Å². The van der Waals surface area contributed by atoms with E-state index in [0.717, 1.165) is 53.3 Å². The fourth-order valence-corrected chi connectivity index (χ4v) is 6.45. The molecule has 1 fully saturated rings. The minimum atomic E-state index is -1.45. The Kier molecular flexibility index (Phi) is 7.10. The van der Waals surface area contributed by atoms with E-state index in [1.54, 1.807) is 9.47 Å². The third-order valence-corrected chi connectivity index (χ3v) is 9.16. The van der Waals surface area contributed by atoms with E-state index in [1.165, 1.54) is 18.4 Å². The van der Waals surface area contributed by atoms with E-state index in [9.17, 15) is 14.7 Å². The molecule has 2 N–H and O–H groups in total. The van der Waals surface area contributed by atoms with E-state index in [2.05, 4.69) is 13.0 Å². The second-order valence-electron chi connectivity index (χ2n) is 11.2. The Morgan fingerprint density at radius 1 is 1.21 bits per heavy atom. The molecule has 0 spiro atoms. The number of hydrogen-bond acceptors (Lipinski definition) is 5. The van der Waals surface area contributed by atoms with Crippen molar-refractivity contribution in [3.8, 4) is 11.4 Å². The Bertz CT molecular complexity index is 1510. The number of pyridine rings is 2. The van der Waals surface area contributed by atoms with Crippen LogP contribution in [-0.4, -0.2) is 33.7 Å². The Morgan fingerprint density at radius 2 is 1.95 bits per heavy atom. The molecular weight excluding hydrogens is 525 g/mol. The highest BCUT2D eigenvalue weighted by molar-refractivity contribution is 6.32. The standard InChI is InChI=1S/C29H32ClN3O4.ClH/c1-4-29(36)12-26(34)37-15-21-22(29)10-25-27-20(14-33(25)28(21)35)19(13-32-7-5-16(2)6-8-32)18-9-17(3)23(30)11-24(18)31-27;/h9-11,16,36H,4-8,12-15H2,1-3H3;1H/t29-;/m1./s1. The zero-order valence-electron chi connectivity index (χ0n) is 22.0. The maximum Gasteiger partial charge on any atom is 0.309 e. The summed E-state index contributed by atoms with van der Waals surface area (Å²) in [6, 6.07) is 5.91. The number of carbonyl (C=O) groups is 1. The number of aliphatic hydroxyl groups is 1. The van der Waals surface area contributed by atoms with E-state index < -0.39 is 11.6 Å². The van der Waals surface area contributed by atoms with Crippen molar-refractivity contribution in [3.63, 3.8) is 0 Å². The molecule has 0 bridgehead atoms. The molecule has 38 heavy (non-hydrogen) atoms. The summed E-state index contributed by atoms with van der Waals surface area (Å²) in [5.41, 5.74) is 4.71. The smallest absolute Gasteiger partial charge is 0.309 e. The predicted octanol–water partition coefficient (Wildman–Crippen LogP) is 0.250. The fraction of sp³-hybridized carbons (Fsp3) is 0.483. The van der Waals surface area contributed by atoms with Crippen molar-refractivity contribution < 1.29 is 31.9 Å².